The van der Waals surface area contributed by atoms with Crippen LogP contribution < -0.4 is 4.90 Å². The number of hydrogen-bond acceptors (Lipinski definition) is 3. The summed E-state index contributed by atoms with van der Waals surface area (Å²) in [5, 5.41) is 0.561. The number of halogens is 2. The van der Waals surface area contributed by atoms with Crippen molar-refractivity contribution in [2.45, 2.75) is 32.4 Å². The number of rotatable bonds is 4. The molecular weight excluding hydrogens is 457 g/mol. The molecule has 0 bridgehead atoms. The first kappa shape index (κ1) is 23.8. The Morgan fingerprint density at radius 1 is 1.21 bits per heavy atom. The van der Waals surface area contributed by atoms with E-state index in [1.807, 2.05) is 0 Å². The number of amides is 3. The first-order valence-electron chi connectivity index (χ1n) is 11.1. The molecule has 3 amide bonds. The molecule has 1 unspecified atom stereocenters. The maximum absolute atomic E-state index is 14.9. The Labute approximate surface area is 203 Å². The van der Waals surface area contributed by atoms with Crippen molar-refractivity contribution < 1.29 is 18.8 Å². The summed E-state index contributed by atoms with van der Waals surface area (Å²) < 4.78 is 14.9. The third-order valence-electron chi connectivity index (χ3n) is 6.47. The number of piperazine rings is 1. The Morgan fingerprint density at radius 2 is 1.91 bits per heavy atom. The van der Waals surface area contributed by atoms with Gasteiger partial charge in [0.25, 0.3) is 5.91 Å². The zero-order valence-electron chi connectivity index (χ0n) is 19.1. The van der Waals surface area contributed by atoms with E-state index in [1.165, 1.54) is 28.0 Å². The minimum Gasteiger partial charge on any atom is -0.339 e. The van der Waals surface area contributed by atoms with Crippen molar-refractivity contribution in [3.8, 4) is 12.3 Å². The quantitative estimate of drug-likeness (QED) is 0.628. The second-order valence-corrected chi connectivity index (χ2v) is 9.44. The van der Waals surface area contributed by atoms with E-state index in [9.17, 15) is 18.8 Å². The molecule has 2 aliphatic rings. The summed E-state index contributed by atoms with van der Waals surface area (Å²) in [4.78, 5) is 44.5. The van der Waals surface area contributed by atoms with Gasteiger partial charge in [-0.3, -0.25) is 19.3 Å². The van der Waals surface area contributed by atoms with Crippen LogP contribution in [0.5, 0.6) is 0 Å². The maximum atomic E-state index is 14.9. The van der Waals surface area contributed by atoms with Crippen LogP contribution in [0.4, 0.5) is 10.1 Å². The van der Waals surface area contributed by atoms with Crippen LogP contribution in [0.2, 0.25) is 5.02 Å². The summed E-state index contributed by atoms with van der Waals surface area (Å²) in [5.41, 5.74) is -0.157. The lowest BCUT2D eigenvalue weighted by Crippen LogP contribution is -2.69. The monoisotopic (exact) mass is 481 g/mol. The molecule has 2 aromatic rings. The van der Waals surface area contributed by atoms with E-state index < -0.39 is 17.3 Å². The molecule has 1 atom stereocenters. The molecule has 1 spiro atoms. The lowest BCUT2D eigenvalue weighted by atomic mass is 9.89. The van der Waals surface area contributed by atoms with Gasteiger partial charge in [-0.1, -0.05) is 43.5 Å². The summed E-state index contributed by atoms with van der Waals surface area (Å²) >= 11 is 6.00. The first-order valence-corrected chi connectivity index (χ1v) is 11.5. The number of nitrogens with zero attached hydrogens (tertiary/aromatic N) is 3. The zero-order valence-corrected chi connectivity index (χ0v) is 19.8. The van der Waals surface area contributed by atoms with Crippen molar-refractivity contribution in [2.24, 2.45) is 5.92 Å². The maximum Gasteiger partial charge on any atom is 0.255 e. The van der Waals surface area contributed by atoms with Gasteiger partial charge in [0, 0.05) is 29.6 Å². The van der Waals surface area contributed by atoms with Crippen molar-refractivity contribution >= 4 is 35.0 Å². The van der Waals surface area contributed by atoms with E-state index in [4.69, 9.17) is 18.0 Å². The highest BCUT2D eigenvalue weighted by atomic mass is 35.5. The normalized spacial score (nSPS) is 20.4. The number of terminal acetylenes is 1. The fraction of sp³-hybridized carbons (Fsp3) is 0.346. The van der Waals surface area contributed by atoms with Gasteiger partial charge < -0.3 is 9.80 Å². The molecule has 4 rings (SSSR count). The fourth-order valence-electron chi connectivity index (χ4n) is 4.66. The molecule has 34 heavy (non-hydrogen) atoms. The highest BCUT2D eigenvalue weighted by Gasteiger charge is 2.57. The van der Waals surface area contributed by atoms with Crippen LogP contribution in [0.1, 0.15) is 31.4 Å². The third-order valence-corrected chi connectivity index (χ3v) is 6.72. The van der Waals surface area contributed by atoms with E-state index in [0.29, 0.717) is 17.1 Å². The average molecular weight is 482 g/mol. The predicted molar refractivity (Wildman–Crippen MR) is 127 cm³/mol. The van der Waals surface area contributed by atoms with Crippen LogP contribution in [0, 0.1) is 24.1 Å². The molecule has 2 fully saturated rings. The van der Waals surface area contributed by atoms with E-state index in [-0.39, 0.29) is 49.5 Å². The molecule has 176 valence electrons. The molecule has 0 radical (unpaired) electrons. The average Bonchev–Trinajstić information content (AvgIpc) is 3.26. The van der Waals surface area contributed by atoms with Crippen molar-refractivity contribution in [1.29, 1.82) is 0 Å². The molecular formula is C26H25ClFN3O3. The first-order chi connectivity index (χ1) is 16.2. The van der Waals surface area contributed by atoms with Crippen LogP contribution in [0.3, 0.4) is 0 Å². The van der Waals surface area contributed by atoms with Gasteiger partial charge in [0.2, 0.25) is 11.8 Å². The summed E-state index contributed by atoms with van der Waals surface area (Å²) in [6.45, 7) is 3.85. The smallest absolute Gasteiger partial charge is 0.255 e. The van der Waals surface area contributed by atoms with Gasteiger partial charge in [0.05, 0.1) is 12.2 Å². The molecule has 2 aromatic carbocycles. The number of benzene rings is 2. The van der Waals surface area contributed by atoms with Gasteiger partial charge in [-0.15, -0.1) is 6.42 Å². The Kier molecular flexibility index (Phi) is 6.37. The molecule has 6 nitrogen and oxygen atoms in total. The van der Waals surface area contributed by atoms with Gasteiger partial charge in [-0.2, -0.15) is 0 Å². The van der Waals surface area contributed by atoms with E-state index in [2.05, 4.69) is 5.92 Å². The van der Waals surface area contributed by atoms with Crippen molar-refractivity contribution in [3.05, 3.63) is 64.4 Å². The molecule has 0 N–H and O–H groups in total. The van der Waals surface area contributed by atoms with Crippen LogP contribution in [-0.4, -0.2) is 52.7 Å². The minimum atomic E-state index is -1.29. The third kappa shape index (κ3) is 4.14. The highest BCUT2D eigenvalue weighted by Crippen LogP contribution is 2.38. The molecule has 2 aliphatic heterocycles. The van der Waals surface area contributed by atoms with Crippen molar-refractivity contribution in [1.82, 2.24) is 9.80 Å². The number of carbonyl (C=O) groups is 3. The molecule has 0 saturated carbocycles. The minimum absolute atomic E-state index is 0.00324. The SMILES string of the molecule is C#Cc1ccc(N2CC(=O)N(Cc3ccc(Cl)cc3)C3(CCN(C(=O)C(C)C)C3)C2=O)c(F)c1. The van der Waals surface area contributed by atoms with Gasteiger partial charge >= 0.3 is 0 Å². The Hall–Kier alpha value is -3.37. The standard InChI is InChI=1S/C26H25ClFN3O3/c1-4-18-7-10-22(21(28)13-18)30-15-23(32)31(14-19-5-8-20(27)9-6-19)26(25(30)34)11-12-29(16-26)24(33)17(2)3/h1,5-10,13,17H,11-12,14-16H2,2-3H3. The fourth-order valence-corrected chi connectivity index (χ4v) is 4.79. The molecule has 0 aliphatic carbocycles. The van der Waals surface area contributed by atoms with Crippen LogP contribution >= 0.6 is 11.6 Å². The van der Waals surface area contributed by atoms with Gasteiger partial charge in [-0.05, 0) is 42.3 Å². The van der Waals surface area contributed by atoms with Crippen LogP contribution in [0.15, 0.2) is 42.5 Å². The van der Waals surface area contributed by atoms with E-state index >= 15 is 0 Å². The molecule has 2 heterocycles. The van der Waals surface area contributed by atoms with Gasteiger partial charge in [-0.25, -0.2) is 4.39 Å². The van der Waals surface area contributed by atoms with Gasteiger partial charge in [0.1, 0.15) is 17.9 Å². The second kappa shape index (κ2) is 9.11. The van der Waals surface area contributed by atoms with E-state index in [1.54, 1.807) is 43.0 Å². The predicted octanol–water partition coefficient (Wildman–Crippen LogP) is 3.46. The molecule has 2 saturated heterocycles. The summed E-state index contributed by atoms with van der Waals surface area (Å²) in [6, 6.07) is 11.2. The number of likely N-dealkylation sites (tertiary alicyclic amines) is 1. The number of carbonyl (C=O) groups excluding carboxylic acids is 3. The summed E-state index contributed by atoms with van der Waals surface area (Å²) in [5.74, 6) is 0.608. The Bertz CT molecular complexity index is 1190. The zero-order chi connectivity index (χ0) is 24.6. The van der Waals surface area contributed by atoms with Crippen LogP contribution in [0.25, 0.3) is 0 Å². The van der Waals surface area contributed by atoms with Crippen molar-refractivity contribution in [2.75, 3.05) is 24.5 Å². The number of anilines is 1. The molecule has 0 aromatic heterocycles. The topological polar surface area (TPSA) is 60.9 Å². The highest BCUT2D eigenvalue weighted by molar-refractivity contribution is 6.30. The van der Waals surface area contributed by atoms with Crippen LogP contribution in [-0.2, 0) is 20.9 Å². The lowest BCUT2D eigenvalue weighted by molar-refractivity contribution is -0.152. The van der Waals surface area contributed by atoms with Gasteiger partial charge in [0.15, 0.2) is 0 Å². The summed E-state index contributed by atoms with van der Waals surface area (Å²) in [7, 11) is 0. The molecule has 8 heteroatoms. The van der Waals surface area contributed by atoms with Crippen molar-refractivity contribution in [3.63, 3.8) is 0 Å². The Morgan fingerprint density at radius 3 is 2.53 bits per heavy atom. The second-order valence-electron chi connectivity index (χ2n) is 9.00. The largest absolute Gasteiger partial charge is 0.339 e. The number of hydrogen-bond donors (Lipinski definition) is 0. The lowest BCUT2D eigenvalue weighted by Gasteiger charge is -2.47. The van der Waals surface area contributed by atoms with E-state index in [0.717, 1.165) is 5.56 Å². The summed E-state index contributed by atoms with van der Waals surface area (Å²) in [6.07, 6.45) is 5.62. The Balaban J connectivity index is 1.74.